The first-order chi connectivity index (χ1) is 10.3. The Bertz CT molecular complexity index is 435. The van der Waals surface area contributed by atoms with E-state index in [2.05, 4.69) is 27.4 Å². The molecule has 2 rings (SSSR count). The molecule has 126 valence electrons. The Morgan fingerprint density at radius 2 is 2.00 bits per heavy atom. The molecule has 22 heavy (non-hydrogen) atoms. The molecule has 0 heterocycles. The maximum atomic E-state index is 9.43. The van der Waals surface area contributed by atoms with Gasteiger partial charge in [-0.05, 0) is 66.8 Å². The molecule has 0 aromatic rings. The van der Waals surface area contributed by atoms with Gasteiger partial charge in [0.2, 0.25) is 0 Å². The molecular weight excluding hydrogens is 272 g/mol. The number of aliphatic hydroxyl groups excluding tert-OH is 2. The van der Waals surface area contributed by atoms with Crippen molar-refractivity contribution in [2.75, 3.05) is 13.2 Å². The van der Waals surface area contributed by atoms with E-state index >= 15 is 0 Å². The fraction of sp³-hybridized carbons (Fsp3) is 0.800. The van der Waals surface area contributed by atoms with Crippen LogP contribution in [0.3, 0.4) is 0 Å². The summed E-state index contributed by atoms with van der Waals surface area (Å²) < 4.78 is 0. The van der Waals surface area contributed by atoms with Gasteiger partial charge in [-0.1, -0.05) is 45.4 Å². The molecule has 0 aromatic carbocycles. The van der Waals surface area contributed by atoms with Crippen LogP contribution in [0.25, 0.3) is 0 Å². The minimum atomic E-state index is 0.0223. The molecule has 2 saturated carbocycles. The molecule has 2 heteroatoms. The van der Waals surface area contributed by atoms with Crippen molar-refractivity contribution in [1.82, 2.24) is 0 Å². The van der Waals surface area contributed by atoms with E-state index in [0.29, 0.717) is 16.7 Å². The average molecular weight is 306 g/mol. The Hall–Kier alpha value is -0.600. The summed E-state index contributed by atoms with van der Waals surface area (Å²) in [5.41, 5.74) is 3.18. The monoisotopic (exact) mass is 306 g/mol. The van der Waals surface area contributed by atoms with Crippen LogP contribution in [-0.4, -0.2) is 23.4 Å². The van der Waals surface area contributed by atoms with Gasteiger partial charge in [-0.3, -0.25) is 0 Å². The summed E-state index contributed by atoms with van der Waals surface area (Å²) in [6.45, 7) is 11.9. The van der Waals surface area contributed by atoms with E-state index in [1.807, 2.05) is 0 Å². The zero-order valence-corrected chi connectivity index (χ0v) is 14.7. The Kier molecular flexibility index (Phi) is 5.55. The average Bonchev–Trinajstić information content (AvgIpc) is 2.44. The quantitative estimate of drug-likeness (QED) is 0.735. The molecule has 0 saturated heterocycles. The van der Waals surface area contributed by atoms with E-state index < -0.39 is 0 Å². The molecule has 0 unspecified atom stereocenters. The topological polar surface area (TPSA) is 40.5 Å². The molecule has 2 nitrogen and oxygen atoms in total. The Morgan fingerprint density at radius 3 is 2.64 bits per heavy atom. The van der Waals surface area contributed by atoms with Crippen molar-refractivity contribution in [3.63, 3.8) is 0 Å². The number of hydrogen-bond donors (Lipinski definition) is 2. The maximum Gasteiger partial charge on any atom is 0.0642 e. The van der Waals surface area contributed by atoms with Gasteiger partial charge >= 0.3 is 0 Å². The van der Waals surface area contributed by atoms with Crippen LogP contribution in [0.5, 0.6) is 0 Å². The van der Waals surface area contributed by atoms with Gasteiger partial charge in [0, 0.05) is 0 Å². The van der Waals surface area contributed by atoms with Crippen LogP contribution in [0.1, 0.15) is 65.7 Å². The van der Waals surface area contributed by atoms with E-state index in [9.17, 15) is 5.11 Å². The predicted molar refractivity (Wildman–Crippen MR) is 92.6 cm³/mol. The summed E-state index contributed by atoms with van der Waals surface area (Å²) in [5.74, 6) is 1.34. The first-order valence-corrected chi connectivity index (χ1v) is 8.92. The second-order valence-electron chi connectivity index (χ2n) is 8.39. The number of fused-ring (bicyclic) bond motifs is 1. The highest BCUT2D eigenvalue weighted by Gasteiger charge is 2.52. The molecule has 0 aromatic heterocycles. The van der Waals surface area contributed by atoms with E-state index in [1.54, 1.807) is 6.08 Å². The highest BCUT2D eigenvalue weighted by molar-refractivity contribution is 5.17. The largest absolute Gasteiger partial charge is 0.392 e. The zero-order valence-electron chi connectivity index (χ0n) is 14.7. The summed E-state index contributed by atoms with van der Waals surface area (Å²) in [6.07, 6.45) is 10.1. The molecule has 0 radical (unpaired) electrons. The van der Waals surface area contributed by atoms with Crippen molar-refractivity contribution in [2.45, 2.75) is 65.7 Å². The van der Waals surface area contributed by atoms with Gasteiger partial charge in [-0.25, -0.2) is 0 Å². The SMILES string of the molecule is C=C1CC[C@H]2C(C)(C)CCC[C@]2(C)[C@H]1CC/C(=C/CO)CO. The van der Waals surface area contributed by atoms with Gasteiger partial charge in [0.05, 0.1) is 13.2 Å². The van der Waals surface area contributed by atoms with Gasteiger partial charge in [0.1, 0.15) is 0 Å². The first-order valence-electron chi connectivity index (χ1n) is 8.92. The number of aliphatic hydroxyl groups is 2. The Balaban J connectivity index is 2.17. The first kappa shape index (κ1) is 17.7. The summed E-state index contributed by atoms with van der Waals surface area (Å²) in [4.78, 5) is 0. The summed E-state index contributed by atoms with van der Waals surface area (Å²) in [5, 5.41) is 18.5. The van der Waals surface area contributed by atoms with Gasteiger partial charge in [-0.2, -0.15) is 0 Å². The van der Waals surface area contributed by atoms with Crippen molar-refractivity contribution in [3.05, 3.63) is 23.8 Å². The second-order valence-corrected chi connectivity index (χ2v) is 8.39. The number of allylic oxidation sites excluding steroid dienone is 1. The third-order valence-corrected chi connectivity index (χ3v) is 6.66. The van der Waals surface area contributed by atoms with E-state index in [4.69, 9.17) is 5.11 Å². The maximum absolute atomic E-state index is 9.43. The standard InChI is InChI=1S/C20H34O2/c1-15-6-9-18-19(2,3)11-5-12-20(18,4)17(15)8-7-16(14-22)10-13-21/h10,17-18,21-22H,1,5-9,11-14H2,2-4H3/b16-10-/t17-,18-,20+/m0/s1. The van der Waals surface area contributed by atoms with Crippen LogP contribution in [-0.2, 0) is 0 Å². The van der Waals surface area contributed by atoms with Crippen LogP contribution in [0.15, 0.2) is 23.8 Å². The van der Waals surface area contributed by atoms with E-state index in [0.717, 1.165) is 30.8 Å². The normalized spacial score (nSPS) is 35.3. The van der Waals surface area contributed by atoms with Crippen LogP contribution < -0.4 is 0 Å². The van der Waals surface area contributed by atoms with Crippen molar-refractivity contribution in [1.29, 1.82) is 0 Å². The Labute approximate surface area is 136 Å². The lowest BCUT2D eigenvalue weighted by Gasteiger charge is -2.58. The fourth-order valence-corrected chi connectivity index (χ4v) is 5.51. The molecule has 2 aliphatic rings. The van der Waals surface area contributed by atoms with Crippen LogP contribution in [0, 0.1) is 22.7 Å². The summed E-state index contributed by atoms with van der Waals surface area (Å²) >= 11 is 0. The lowest BCUT2D eigenvalue weighted by Crippen LogP contribution is -2.49. The van der Waals surface area contributed by atoms with Crippen molar-refractivity contribution in [2.24, 2.45) is 22.7 Å². The minimum Gasteiger partial charge on any atom is -0.392 e. The van der Waals surface area contributed by atoms with Crippen molar-refractivity contribution >= 4 is 0 Å². The smallest absolute Gasteiger partial charge is 0.0642 e. The molecule has 2 aliphatic carbocycles. The second kappa shape index (κ2) is 6.88. The van der Waals surface area contributed by atoms with Crippen molar-refractivity contribution < 1.29 is 10.2 Å². The molecule has 3 atom stereocenters. The van der Waals surface area contributed by atoms with Gasteiger partial charge in [0.15, 0.2) is 0 Å². The summed E-state index contributed by atoms with van der Waals surface area (Å²) in [6, 6.07) is 0. The molecule has 2 fully saturated rings. The van der Waals surface area contributed by atoms with Gasteiger partial charge < -0.3 is 10.2 Å². The van der Waals surface area contributed by atoms with E-state index in [1.165, 1.54) is 31.3 Å². The summed E-state index contributed by atoms with van der Waals surface area (Å²) in [7, 11) is 0. The number of hydrogen-bond acceptors (Lipinski definition) is 2. The van der Waals surface area contributed by atoms with Crippen LogP contribution in [0.2, 0.25) is 0 Å². The molecule has 0 bridgehead atoms. The van der Waals surface area contributed by atoms with Gasteiger partial charge in [0.25, 0.3) is 0 Å². The minimum absolute atomic E-state index is 0.0223. The lowest BCUT2D eigenvalue weighted by molar-refractivity contribution is -0.0540. The van der Waals surface area contributed by atoms with E-state index in [-0.39, 0.29) is 13.2 Å². The molecular formula is C20H34O2. The fourth-order valence-electron chi connectivity index (χ4n) is 5.51. The van der Waals surface area contributed by atoms with Crippen LogP contribution >= 0.6 is 0 Å². The van der Waals surface area contributed by atoms with Crippen molar-refractivity contribution in [3.8, 4) is 0 Å². The predicted octanol–water partition coefficient (Wildman–Crippen LogP) is 4.48. The Morgan fingerprint density at radius 1 is 1.27 bits per heavy atom. The molecule has 0 aliphatic heterocycles. The third kappa shape index (κ3) is 3.33. The third-order valence-electron chi connectivity index (χ3n) is 6.66. The zero-order chi connectivity index (χ0) is 16.4. The molecule has 0 spiro atoms. The highest BCUT2D eigenvalue weighted by atomic mass is 16.3. The van der Waals surface area contributed by atoms with Crippen LogP contribution in [0.4, 0.5) is 0 Å². The van der Waals surface area contributed by atoms with Gasteiger partial charge in [-0.15, -0.1) is 0 Å². The molecule has 0 amide bonds. The highest BCUT2D eigenvalue weighted by Crippen LogP contribution is 2.61. The number of rotatable bonds is 5. The molecule has 2 N–H and O–H groups in total. The lowest BCUT2D eigenvalue weighted by atomic mass is 9.47.